The molecule has 3 aliphatic rings. The van der Waals surface area contributed by atoms with Crippen LogP contribution in [0.25, 0.3) is 0 Å². The third kappa shape index (κ3) is 2.60. The highest BCUT2D eigenvalue weighted by atomic mass is 16.7. The maximum Gasteiger partial charge on any atom is 0.241 e. The lowest BCUT2D eigenvalue weighted by molar-refractivity contribution is -0.138. The van der Waals surface area contributed by atoms with Crippen LogP contribution in [-0.2, 0) is 4.79 Å². The molecule has 26 heavy (non-hydrogen) atoms. The van der Waals surface area contributed by atoms with Crippen molar-refractivity contribution >= 4 is 5.91 Å². The second kappa shape index (κ2) is 5.96. The SMILES string of the molecule is Cc1noc(C2CN(C(=O)C3CC(c4ccc5c(c4)OCO5)NN3)C2)n1. The van der Waals surface area contributed by atoms with Crippen molar-refractivity contribution in [1.82, 2.24) is 25.9 Å². The summed E-state index contributed by atoms with van der Waals surface area (Å²) in [5.74, 6) is 2.97. The second-order valence-corrected chi connectivity index (χ2v) is 6.86. The summed E-state index contributed by atoms with van der Waals surface area (Å²) in [6.45, 7) is 3.28. The molecule has 3 aliphatic heterocycles. The number of carbonyl (C=O) groups is 1. The lowest BCUT2D eigenvalue weighted by atomic mass is 9.96. The first-order valence-corrected chi connectivity index (χ1v) is 8.67. The number of aromatic nitrogens is 2. The third-order valence-corrected chi connectivity index (χ3v) is 5.09. The molecule has 2 saturated heterocycles. The second-order valence-electron chi connectivity index (χ2n) is 6.86. The average molecular weight is 357 g/mol. The van der Waals surface area contributed by atoms with Crippen molar-refractivity contribution < 1.29 is 18.8 Å². The lowest BCUT2D eigenvalue weighted by Crippen LogP contribution is -2.54. The van der Waals surface area contributed by atoms with Gasteiger partial charge in [0.25, 0.3) is 0 Å². The number of nitrogens with zero attached hydrogens (tertiary/aromatic N) is 3. The average Bonchev–Trinajstić information content (AvgIpc) is 3.33. The van der Waals surface area contributed by atoms with E-state index in [9.17, 15) is 4.79 Å². The van der Waals surface area contributed by atoms with Crippen LogP contribution in [0.2, 0.25) is 0 Å². The van der Waals surface area contributed by atoms with E-state index < -0.39 is 0 Å². The van der Waals surface area contributed by atoms with E-state index in [1.54, 1.807) is 6.92 Å². The zero-order valence-electron chi connectivity index (χ0n) is 14.3. The van der Waals surface area contributed by atoms with E-state index in [1.807, 2.05) is 23.1 Å². The van der Waals surface area contributed by atoms with Crippen molar-refractivity contribution in [2.24, 2.45) is 0 Å². The predicted molar refractivity (Wildman–Crippen MR) is 88.3 cm³/mol. The van der Waals surface area contributed by atoms with Gasteiger partial charge in [0.1, 0.15) is 6.04 Å². The number of nitrogens with one attached hydrogen (secondary N) is 2. The highest BCUT2D eigenvalue weighted by Gasteiger charge is 2.40. The van der Waals surface area contributed by atoms with Crippen molar-refractivity contribution in [2.45, 2.75) is 31.3 Å². The smallest absolute Gasteiger partial charge is 0.241 e. The number of hydrogen-bond donors (Lipinski definition) is 2. The number of benzene rings is 1. The summed E-state index contributed by atoms with van der Waals surface area (Å²) in [5.41, 5.74) is 7.39. The Bertz CT molecular complexity index is 847. The minimum atomic E-state index is -0.254. The van der Waals surface area contributed by atoms with E-state index in [4.69, 9.17) is 14.0 Å². The zero-order valence-corrected chi connectivity index (χ0v) is 14.3. The van der Waals surface area contributed by atoms with E-state index in [0.717, 1.165) is 17.1 Å². The van der Waals surface area contributed by atoms with Crippen molar-refractivity contribution in [3.63, 3.8) is 0 Å². The Labute approximate surface area is 149 Å². The molecule has 0 spiro atoms. The first-order chi connectivity index (χ1) is 12.7. The van der Waals surface area contributed by atoms with Gasteiger partial charge in [-0.05, 0) is 31.0 Å². The van der Waals surface area contributed by atoms with E-state index in [1.165, 1.54) is 0 Å². The maximum absolute atomic E-state index is 12.7. The number of rotatable bonds is 3. The number of aryl methyl sites for hydroxylation is 1. The van der Waals surface area contributed by atoms with Crippen LogP contribution in [0, 0.1) is 6.92 Å². The fraction of sp³-hybridized carbons (Fsp3) is 0.471. The molecular weight excluding hydrogens is 338 g/mol. The van der Waals surface area contributed by atoms with Gasteiger partial charge in [0.15, 0.2) is 17.3 Å². The summed E-state index contributed by atoms with van der Waals surface area (Å²) in [5, 5.41) is 3.80. The zero-order chi connectivity index (χ0) is 17.7. The minimum absolute atomic E-state index is 0.0501. The normalized spacial score (nSPS) is 24.7. The molecule has 136 valence electrons. The van der Waals surface area contributed by atoms with Crippen LogP contribution in [0.3, 0.4) is 0 Å². The van der Waals surface area contributed by atoms with Crippen LogP contribution in [-0.4, -0.2) is 46.9 Å². The van der Waals surface area contributed by atoms with E-state index in [0.29, 0.717) is 31.2 Å². The summed E-state index contributed by atoms with van der Waals surface area (Å²) >= 11 is 0. The number of likely N-dealkylation sites (tertiary alicyclic amines) is 1. The molecule has 2 atom stereocenters. The quantitative estimate of drug-likeness (QED) is 0.825. The summed E-state index contributed by atoms with van der Waals surface area (Å²) in [6, 6.07) is 5.66. The first kappa shape index (κ1) is 15.6. The molecule has 9 nitrogen and oxygen atoms in total. The monoisotopic (exact) mass is 357 g/mol. The number of ether oxygens (including phenoxy) is 2. The Morgan fingerprint density at radius 3 is 2.88 bits per heavy atom. The number of amides is 1. The van der Waals surface area contributed by atoms with Gasteiger partial charge in [0.2, 0.25) is 18.6 Å². The van der Waals surface area contributed by atoms with Gasteiger partial charge >= 0.3 is 0 Å². The molecule has 2 unspecified atom stereocenters. The minimum Gasteiger partial charge on any atom is -0.454 e. The fourth-order valence-corrected chi connectivity index (χ4v) is 3.58. The molecule has 1 aromatic carbocycles. The predicted octanol–water partition coefficient (Wildman–Crippen LogP) is 0.640. The topological polar surface area (TPSA) is 102 Å². The molecule has 2 fully saturated rings. The highest BCUT2D eigenvalue weighted by molar-refractivity contribution is 5.83. The summed E-state index contributed by atoms with van der Waals surface area (Å²) in [6.07, 6.45) is 0.680. The van der Waals surface area contributed by atoms with E-state index in [2.05, 4.69) is 21.0 Å². The van der Waals surface area contributed by atoms with Gasteiger partial charge in [-0.3, -0.25) is 4.79 Å². The van der Waals surface area contributed by atoms with Crippen molar-refractivity contribution in [2.75, 3.05) is 19.9 Å². The van der Waals surface area contributed by atoms with Crippen LogP contribution in [0.4, 0.5) is 0 Å². The molecule has 0 saturated carbocycles. The van der Waals surface area contributed by atoms with Gasteiger partial charge in [-0.25, -0.2) is 10.9 Å². The standard InChI is InChI=1S/C17H19N5O4/c1-9-18-16(26-21-9)11-6-22(7-11)17(23)13-5-12(19-20-13)10-2-3-14-15(4-10)25-8-24-14/h2-4,11-13,19-20H,5-8H2,1H3. The molecule has 2 aromatic rings. The molecule has 0 aliphatic carbocycles. The van der Waals surface area contributed by atoms with Crippen LogP contribution in [0.15, 0.2) is 22.7 Å². The van der Waals surface area contributed by atoms with Gasteiger partial charge in [-0.15, -0.1) is 0 Å². The summed E-state index contributed by atoms with van der Waals surface area (Å²) in [7, 11) is 0. The molecule has 0 bridgehead atoms. The Hall–Kier alpha value is -2.65. The van der Waals surface area contributed by atoms with Crippen molar-refractivity contribution in [3.8, 4) is 11.5 Å². The molecule has 2 N–H and O–H groups in total. The fourth-order valence-electron chi connectivity index (χ4n) is 3.58. The van der Waals surface area contributed by atoms with Crippen LogP contribution in [0.5, 0.6) is 11.5 Å². The number of carbonyl (C=O) groups excluding carboxylic acids is 1. The number of fused-ring (bicyclic) bond motifs is 1. The van der Waals surface area contributed by atoms with Crippen molar-refractivity contribution in [3.05, 3.63) is 35.5 Å². The van der Waals surface area contributed by atoms with Gasteiger partial charge in [-0.2, -0.15) is 4.98 Å². The molecule has 4 heterocycles. The Morgan fingerprint density at radius 1 is 1.23 bits per heavy atom. The van der Waals surface area contributed by atoms with Crippen molar-refractivity contribution in [1.29, 1.82) is 0 Å². The molecule has 5 rings (SSSR count). The number of hydrogen-bond acceptors (Lipinski definition) is 8. The van der Waals surface area contributed by atoms with Crippen LogP contribution < -0.4 is 20.3 Å². The molecule has 0 radical (unpaired) electrons. The number of hydrazine groups is 1. The molecule has 1 aromatic heterocycles. The van der Waals surface area contributed by atoms with Gasteiger partial charge < -0.3 is 18.9 Å². The summed E-state index contributed by atoms with van der Waals surface area (Å²) in [4.78, 5) is 18.7. The third-order valence-electron chi connectivity index (χ3n) is 5.09. The first-order valence-electron chi connectivity index (χ1n) is 8.67. The Balaban J connectivity index is 1.19. The maximum atomic E-state index is 12.7. The van der Waals surface area contributed by atoms with E-state index in [-0.39, 0.29) is 30.7 Å². The van der Waals surface area contributed by atoms with Gasteiger partial charge in [-0.1, -0.05) is 11.2 Å². The Kier molecular flexibility index (Phi) is 3.57. The van der Waals surface area contributed by atoms with Crippen LogP contribution in [0.1, 0.15) is 35.7 Å². The highest BCUT2D eigenvalue weighted by Crippen LogP contribution is 2.36. The van der Waals surface area contributed by atoms with Gasteiger partial charge in [0.05, 0.1) is 5.92 Å². The molecular formula is C17H19N5O4. The van der Waals surface area contributed by atoms with Gasteiger partial charge in [0, 0.05) is 19.1 Å². The Morgan fingerprint density at radius 2 is 2.08 bits per heavy atom. The summed E-state index contributed by atoms with van der Waals surface area (Å²) < 4.78 is 16.0. The molecule has 1 amide bonds. The van der Waals surface area contributed by atoms with Crippen LogP contribution >= 0.6 is 0 Å². The largest absolute Gasteiger partial charge is 0.454 e. The molecule has 9 heteroatoms. The van der Waals surface area contributed by atoms with E-state index >= 15 is 0 Å². The lowest BCUT2D eigenvalue weighted by Gasteiger charge is -2.38.